The van der Waals surface area contributed by atoms with Crippen molar-refractivity contribution in [2.45, 2.75) is 40.0 Å². The van der Waals surface area contributed by atoms with Crippen LogP contribution in [0.2, 0.25) is 0 Å². The number of hydrogen-bond donors (Lipinski definition) is 0. The maximum atomic E-state index is 5.13. The van der Waals surface area contributed by atoms with Gasteiger partial charge < -0.3 is 4.74 Å². The summed E-state index contributed by atoms with van der Waals surface area (Å²) in [7, 11) is 1.71. The molecule has 0 aliphatic rings. The first-order valence-electron chi connectivity index (χ1n) is 4.62. The standard InChI is InChI=1S/C11H20O/c1-5-7-8-10(3)9-11(6-2)12-4/h6,9H,5,7-8H2,1-4H3/b10-9+,11-6+. The van der Waals surface area contributed by atoms with E-state index in [9.17, 15) is 0 Å². The van der Waals surface area contributed by atoms with Crippen molar-refractivity contribution in [3.05, 3.63) is 23.5 Å². The molecule has 0 rings (SSSR count). The van der Waals surface area contributed by atoms with E-state index < -0.39 is 0 Å². The van der Waals surface area contributed by atoms with E-state index in [1.807, 2.05) is 13.0 Å². The fourth-order valence-corrected chi connectivity index (χ4v) is 1.03. The van der Waals surface area contributed by atoms with E-state index in [1.54, 1.807) is 7.11 Å². The van der Waals surface area contributed by atoms with Crippen molar-refractivity contribution in [1.82, 2.24) is 0 Å². The first-order valence-corrected chi connectivity index (χ1v) is 4.62. The van der Waals surface area contributed by atoms with Crippen LogP contribution < -0.4 is 0 Å². The molecule has 0 unspecified atom stereocenters. The van der Waals surface area contributed by atoms with Gasteiger partial charge in [-0.3, -0.25) is 0 Å². The van der Waals surface area contributed by atoms with E-state index in [2.05, 4.69) is 19.9 Å². The molecule has 0 aromatic rings. The molecule has 0 N–H and O–H groups in total. The summed E-state index contributed by atoms with van der Waals surface area (Å²) >= 11 is 0. The summed E-state index contributed by atoms with van der Waals surface area (Å²) < 4.78 is 5.13. The van der Waals surface area contributed by atoms with Gasteiger partial charge in [0, 0.05) is 0 Å². The lowest BCUT2D eigenvalue weighted by atomic mass is 10.1. The van der Waals surface area contributed by atoms with Crippen LogP contribution >= 0.6 is 0 Å². The maximum absolute atomic E-state index is 5.13. The molecule has 0 heterocycles. The molecule has 12 heavy (non-hydrogen) atoms. The lowest BCUT2D eigenvalue weighted by molar-refractivity contribution is 0.305. The van der Waals surface area contributed by atoms with Gasteiger partial charge >= 0.3 is 0 Å². The Balaban J connectivity index is 3.96. The van der Waals surface area contributed by atoms with Gasteiger partial charge in [0.25, 0.3) is 0 Å². The Hall–Kier alpha value is -0.720. The molecule has 0 bridgehead atoms. The van der Waals surface area contributed by atoms with Gasteiger partial charge in [-0.25, -0.2) is 0 Å². The zero-order valence-corrected chi connectivity index (χ0v) is 8.68. The van der Waals surface area contributed by atoms with E-state index in [0.717, 1.165) is 5.76 Å². The Kier molecular flexibility index (Phi) is 6.54. The Morgan fingerprint density at radius 3 is 2.50 bits per heavy atom. The molecular formula is C11H20O. The van der Waals surface area contributed by atoms with Gasteiger partial charge in [-0.1, -0.05) is 18.9 Å². The zero-order chi connectivity index (χ0) is 9.40. The highest BCUT2D eigenvalue weighted by Crippen LogP contribution is 2.09. The highest BCUT2D eigenvalue weighted by Gasteiger charge is 1.92. The Morgan fingerprint density at radius 2 is 2.08 bits per heavy atom. The van der Waals surface area contributed by atoms with Crippen LogP contribution in [0.3, 0.4) is 0 Å². The van der Waals surface area contributed by atoms with Crippen LogP contribution in [-0.2, 0) is 4.74 Å². The largest absolute Gasteiger partial charge is 0.497 e. The molecule has 1 nitrogen and oxygen atoms in total. The number of hydrogen-bond acceptors (Lipinski definition) is 1. The predicted molar refractivity (Wildman–Crippen MR) is 54.0 cm³/mol. The minimum absolute atomic E-state index is 0.962. The number of rotatable bonds is 5. The van der Waals surface area contributed by atoms with Crippen LogP contribution in [0.5, 0.6) is 0 Å². The third-order valence-corrected chi connectivity index (χ3v) is 1.83. The summed E-state index contributed by atoms with van der Waals surface area (Å²) in [6.07, 6.45) is 7.79. The molecule has 0 atom stereocenters. The molecular weight excluding hydrogens is 148 g/mol. The van der Waals surface area contributed by atoms with E-state index in [0.29, 0.717) is 0 Å². The smallest absolute Gasteiger partial charge is 0.114 e. The highest BCUT2D eigenvalue weighted by molar-refractivity contribution is 5.16. The number of methoxy groups -OCH3 is 1. The summed E-state index contributed by atoms with van der Waals surface area (Å²) in [6.45, 7) is 6.35. The summed E-state index contributed by atoms with van der Waals surface area (Å²) in [5.74, 6) is 0.962. The molecule has 0 amide bonds. The summed E-state index contributed by atoms with van der Waals surface area (Å²) in [5, 5.41) is 0. The van der Waals surface area contributed by atoms with Crippen LogP contribution in [0.25, 0.3) is 0 Å². The Bertz CT molecular complexity index is 166. The molecule has 70 valence electrons. The third kappa shape index (κ3) is 5.00. The quantitative estimate of drug-likeness (QED) is 0.449. The first kappa shape index (κ1) is 11.3. The van der Waals surface area contributed by atoms with Gasteiger partial charge in [0.05, 0.1) is 7.11 Å². The van der Waals surface area contributed by atoms with E-state index in [1.165, 1.54) is 24.8 Å². The van der Waals surface area contributed by atoms with Crippen LogP contribution in [0, 0.1) is 0 Å². The van der Waals surface area contributed by atoms with Gasteiger partial charge in [-0.15, -0.1) is 0 Å². The van der Waals surface area contributed by atoms with Crippen LogP contribution in [0.4, 0.5) is 0 Å². The molecule has 0 aliphatic carbocycles. The molecule has 1 heteroatoms. The second kappa shape index (κ2) is 6.96. The normalized spacial score (nSPS) is 13.3. The Morgan fingerprint density at radius 1 is 1.42 bits per heavy atom. The van der Waals surface area contributed by atoms with E-state index in [4.69, 9.17) is 4.74 Å². The number of allylic oxidation sites excluding steroid dienone is 3. The third-order valence-electron chi connectivity index (χ3n) is 1.83. The molecule has 0 saturated carbocycles. The van der Waals surface area contributed by atoms with Crippen molar-refractivity contribution < 1.29 is 4.74 Å². The van der Waals surface area contributed by atoms with Crippen molar-refractivity contribution in [3.63, 3.8) is 0 Å². The lowest BCUT2D eigenvalue weighted by Gasteiger charge is -2.02. The van der Waals surface area contributed by atoms with Crippen molar-refractivity contribution >= 4 is 0 Å². The number of ether oxygens (including phenoxy) is 1. The molecule has 0 fully saturated rings. The van der Waals surface area contributed by atoms with Crippen molar-refractivity contribution in [1.29, 1.82) is 0 Å². The average Bonchev–Trinajstić information content (AvgIpc) is 2.10. The van der Waals surface area contributed by atoms with Crippen molar-refractivity contribution in [2.24, 2.45) is 0 Å². The molecule has 0 radical (unpaired) electrons. The molecule has 0 aliphatic heterocycles. The van der Waals surface area contributed by atoms with Crippen LogP contribution in [-0.4, -0.2) is 7.11 Å². The van der Waals surface area contributed by atoms with Gasteiger partial charge in [0.15, 0.2) is 0 Å². The number of unbranched alkanes of at least 4 members (excludes halogenated alkanes) is 1. The monoisotopic (exact) mass is 168 g/mol. The fraction of sp³-hybridized carbons (Fsp3) is 0.636. The second-order valence-corrected chi connectivity index (χ2v) is 2.99. The first-order chi connectivity index (χ1) is 5.74. The van der Waals surface area contributed by atoms with E-state index in [-0.39, 0.29) is 0 Å². The summed E-state index contributed by atoms with van der Waals surface area (Å²) in [6, 6.07) is 0. The van der Waals surface area contributed by atoms with Gasteiger partial charge in [-0.2, -0.15) is 0 Å². The van der Waals surface area contributed by atoms with Gasteiger partial charge in [-0.05, 0) is 38.8 Å². The topological polar surface area (TPSA) is 9.23 Å². The molecule has 0 aromatic heterocycles. The highest BCUT2D eigenvalue weighted by atomic mass is 16.5. The van der Waals surface area contributed by atoms with Gasteiger partial charge in [0.1, 0.15) is 5.76 Å². The summed E-state index contributed by atoms with van der Waals surface area (Å²) in [4.78, 5) is 0. The maximum Gasteiger partial charge on any atom is 0.114 e. The molecule has 0 aromatic carbocycles. The minimum Gasteiger partial charge on any atom is -0.497 e. The zero-order valence-electron chi connectivity index (χ0n) is 8.68. The lowest BCUT2D eigenvalue weighted by Crippen LogP contribution is -1.84. The average molecular weight is 168 g/mol. The van der Waals surface area contributed by atoms with Gasteiger partial charge in [0.2, 0.25) is 0 Å². The van der Waals surface area contributed by atoms with E-state index >= 15 is 0 Å². The van der Waals surface area contributed by atoms with Crippen molar-refractivity contribution in [3.8, 4) is 0 Å². The minimum atomic E-state index is 0.962. The Labute approximate surface area is 76.1 Å². The SMILES string of the molecule is C/C=C(\C=C(/C)CCCC)OC. The van der Waals surface area contributed by atoms with Crippen LogP contribution in [0.15, 0.2) is 23.5 Å². The molecule has 0 saturated heterocycles. The van der Waals surface area contributed by atoms with Crippen LogP contribution in [0.1, 0.15) is 40.0 Å². The fourth-order valence-electron chi connectivity index (χ4n) is 1.03. The van der Waals surface area contributed by atoms with Crippen molar-refractivity contribution in [2.75, 3.05) is 7.11 Å². The molecule has 0 spiro atoms. The summed E-state index contributed by atoms with van der Waals surface area (Å²) in [5.41, 5.74) is 1.40. The second-order valence-electron chi connectivity index (χ2n) is 2.99. The predicted octanol–water partition coefficient (Wildman–Crippen LogP) is 3.67.